The molecule has 0 radical (unpaired) electrons. The number of carbonyl (C=O) groups excluding carboxylic acids is 2. The Hall–Kier alpha value is -1.88. The Morgan fingerprint density at radius 3 is 2.78 bits per heavy atom. The van der Waals surface area contributed by atoms with Gasteiger partial charge in [-0.25, -0.2) is 0 Å². The molecule has 1 saturated carbocycles. The molecule has 2 fully saturated rings. The fraction of sp³-hybridized carbons (Fsp3) is 0.556. The number of anilines is 1. The largest absolute Gasteiger partial charge is 0.369 e. The van der Waals surface area contributed by atoms with Crippen LogP contribution in [0.3, 0.4) is 0 Å². The molecule has 2 amide bonds. The SMILES string of the molecule is CC1CC1C(=O)Nc1ccccc1CN1CCCC(C(N)=O)C1. The standard InChI is InChI=1S/C18H25N3O2/c1-12-9-15(12)18(23)20-16-7-3-2-5-13(16)10-21-8-4-6-14(11-21)17(19)22/h2-3,5,7,12,14-15H,4,6,8-11H2,1H3,(H2,19,22)(H,20,23). The van der Waals surface area contributed by atoms with Crippen molar-refractivity contribution in [2.75, 3.05) is 18.4 Å². The molecule has 0 bridgehead atoms. The summed E-state index contributed by atoms with van der Waals surface area (Å²) >= 11 is 0. The van der Waals surface area contributed by atoms with Crippen molar-refractivity contribution in [1.82, 2.24) is 4.90 Å². The number of nitrogens with zero attached hydrogens (tertiary/aromatic N) is 1. The van der Waals surface area contributed by atoms with Crippen LogP contribution >= 0.6 is 0 Å². The zero-order valence-electron chi connectivity index (χ0n) is 13.6. The van der Waals surface area contributed by atoms with Crippen molar-refractivity contribution >= 4 is 17.5 Å². The zero-order valence-corrected chi connectivity index (χ0v) is 13.6. The van der Waals surface area contributed by atoms with E-state index < -0.39 is 0 Å². The molecule has 1 aromatic rings. The van der Waals surface area contributed by atoms with E-state index >= 15 is 0 Å². The average molecular weight is 315 g/mol. The maximum absolute atomic E-state index is 12.2. The number of piperidine rings is 1. The van der Waals surface area contributed by atoms with Crippen molar-refractivity contribution in [3.05, 3.63) is 29.8 Å². The zero-order chi connectivity index (χ0) is 16.4. The van der Waals surface area contributed by atoms with Crippen molar-refractivity contribution in [3.8, 4) is 0 Å². The molecular formula is C18H25N3O2. The first-order chi connectivity index (χ1) is 11.0. The Morgan fingerprint density at radius 2 is 2.09 bits per heavy atom. The van der Waals surface area contributed by atoms with Crippen molar-refractivity contribution < 1.29 is 9.59 Å². The van der Waals surface area contributed by atoms with E-state index in [0.29, 0.717) is 12.5 Å². The van der Waals surface area contributed by atoms with Crippen molar-refractivity contribution in [2.24, 2.45) is 23.5 Å². The summed E-state index contributed by atoms with van der Waals surface area (Å²) in [6, 6.07) is 7.92. The summed E-state index contributed by atoms with van der Waals surface area (Å²) in [7, 11) is 0. The van der Waals surface area contributed by atoms with Gasteiger partial charge >= 0.3 is 0 Å². The molecule has 2 aliphatic rings. The molecule has 1 aromatic carbocycles. The Balaban J connectivity index is 1.65. The Kier molecular flexibility index (Phi) is 4.66. The molecule has 3 N–H and O–H groups in total. The lowest BCUT2D eigenvalue weighted by Gasteiger charge is -2.31. The van der Waals surface area contributed by atoms with Gasteiger partial charge in [0, 0.05) is 24.7 Å². The molecule has 0 spiro atoms. The highest BCUT2D eigenvalue weighted by atomic mass is 16.2. The topological polar surface area (TPSA) is 75.4 Å². The molecule has 3 unspecified atom stereocenters. The Bertz CT molecular complexity index is 602. The van der Waals surface area contributed by atoms with Crippen LogP contribution in [-0.4, -0.2) is 29.8 Å². The lowest BCUT2D eigenvalue weighted by atomic mass is 9.97. The first kappa shape index (κ1) is 16.0. The summed E-state index contributed by atoms with van der Waals surface area (Å²) in [5.74, 6) is 0.522. The minimum Gasteiger partial charge on any atom is -0.369 e. The quantitative estimate of drug-likeness (QED) is 0.872. The number of hydrogen-bond donors (Lipinski definition) is 2. The van der Waals surface area contributed by atoms with E-state index in [9.17, 15) is 9.59 Å². The number of benzene rings is 1. The summed E-state index contributed by atoms with van der Waals surface area (Å²) in [6.07, 6.45) is 2.85. The summed E-state index contributed by atoms with van der Waals surface area (Å²) < 4.78 is 0. The van der Waals surface area contributed by atoms with Gasteiger partial charge in [0.1, 0.15) is 0 Å². The van der Waals surface area contributed by atoms with Crippen LogP contribution in [-0.2, 0) is 16.1 Å². The molecule has 0 aromatic heterocycles. The maximum atomic E-state index is 12.2. The maximum Gasteiger partial charge on any atom is 0.227 e. The molecule has 1 heterocycles. The van der Waals surface area contributed by atoms with Crippen molar-refractivity contribution in [1.29, 1.82) is 0 Å². The van der Waals surface area contributed by atoms with E-state index in [4.69, 9.17) is 5.73 Å². The smallest absolute Gasteiger partial charge is 0.227 e. The van der Waals surface area contributed by atoms with Crippen LogP contribution in [0.2, 0.25) is 0 Å². The number of nitrogens with two attached hydrogens (primary N) is 1. The van der Waals surface area contributed by atoms with Crippen LogP contribution < -0.4 is 11.1 Å². The molecule has 5 heteroatoms. The predicted molar refractivity (Wildman–Crippen MR) is 89.5 cm³/mol. The van der Waals surface area contributed by atoms with Crippen LogP contribution in [0.1, 0.15) is 31.7 Å². The summed E-state index contributed by atoms with van der Waals surface area (Å²) in [4.78, 5) is 25.9. The lowest BCUT2D eigenvalue weighted by molar-refractivity contribution is -0.123. The van der Waals surface area contributed by atoms with Gasteiger partial charge in [-0.3, -0.25) is 14.5 Å². The van der Waals surface area contributed by atoms with E-state index in [1.807, 2.05) is 24.3 Å². The molecule has 3 rings (SSSR count). The van der Waals surface area contributed by atoms with Crippen LogP contribution in [0, 0.1) is 17.8 Å². The highest BCUT2D eigenvalue weighted by Crippen LogP contribution is 2.38. The van der Waals surface area contributed by atoms with Gasteiger partial charge in [0.2, 0.25) is 11.8 Å². The second kappa shape index (κ2) is 6.71. The normalized spacial score (nSPS) is 27.4. The highest BCUT2D eigenvalue weighted by Gasteiger charge is 2.39. The van der Waals surface area contributed by atoms with E-state index in [0.717, 1.165) is 43.6 Å². The first-order valence-electron chi connectivity index (χ1n) is 8.45. The molecule has 3 atom stereocenters. The van der Waals surface area contributed by atoms with E-state index in [2.05, 4.69) is 17.1 Å². The van der Waals surface area contributed by atoms with Gasteiger partial charge in [-0.2, -0.15) is 0 Å². The number of primary amides is 1. The number of nitrogens with one attached hydrogen (secondary N) is 1. The van der Waals surface area contributed by atoms with Crippen LogP contribution in [0.15, 0.2) is 24.3 Å². The predicted octanol–water partition coefficient (Wildman–Crippen LogP) is 1.98. The third kappa shape index (κ3) is 3.91. The van der Waals surface area contributed by atoms with Crippen molar-refractivity contribution in [3.63, 3.8) is 0 Å². The van der Waals surface area contributed by atoms with Crippen LogP contribution in [0.25, 0.3) is 0 Å². The van der Waals surface area contributed by atoms with E-state index in [-0.39, 0.29) is 23.7 Å². The number of likely N-dealkylation sites (tertiary alicyclic amines) is 1. The fourth-order valence-electron chi connectivity index (χ4n) is 3.37. The van der Waals surface area contributed by atoms with E-state index in [1.165, 1.54) is 0 Å². The number of hydrogen-bond acceptors (Lipinski definition) is 3. The van der Waals surface area contributed by atoms with Gasteiger partial charge in [-0.1, -0.05) is 25.1 Å². The number of carbonyl (C=O) groups is 2. The average Bonchev–Trinajstić information content (AvgIpc) is 3.26. The second-order valence-corrected chi connectivity index (χ2v) is 6.94. The highest BCUT2D eigenvalue weighted by molar-refractivity contribution is 5.95. The van der Waals surface area contributed by atoms with Gasteiger partial charge in [0.25, 0.3) is 0 Å². The molecule has 1 aliphatic carbocycles. The summed E-state index contributed by atoms with van der Waals surface area (Å²) in [6.45, 7) is 4.51. The summed E-state index contributed by atoms with van der Waals surface area (Å²) in [5.41, 5.74) is 7.43. The number of para-hydroxylation sites is 1. The first-order valence-corrected chi connectivity index (χ1v) is 8.45. The molecule has 5 nitrogen and oxygen atoms in total. The fourth-order valence-corrected chi connectivity index (χ4v) is 3.37. The Morgan fingerprint density at radius 1 is 1.35 bits per heavy atom. The third-order valence-corrected chi connectivity index (χ3v) is 5.02. The lowest BCUT2D eigenvalue weighted by Crippen LogP contribution is -2.40. The molecule has 124 valence electrons. The number of rotatable bonds is 5. The summed E-state index contributed by atoms with van der Waals surface area (Å²) in [5, 5.41) is 3.07. The van der Waals surface area contributed by atoms with Gasteiger partial charge < -0.3 is 11.1 Å². The third-order valence-electron chi connectivity index (χ3n) is 5.02. The molecule has 23 heavy (non-hydrogen) atoms. The number of amides is 2. The van der Waals surface area contributed by atoms with Crippen LogP contribution in [0.4, 0.5) is 5.69 Å². The second-order valence-electron chi connectivity index (χ2n) is 6.94. The molecule has 1 aliphatic heterocycles. The minimum atomic E-state index is -0.209. The Labute approximate surface area is 137 Å². The van der Waals surface area contributed by atoms with Gasteiger partial charge in [-0.05, 0) is 43.4 Å². The van der Waals surface area contributed by atoms with Gasteiger partial charge in [-0.15, -0.1) is 0 Å². The van der Waals surface area contributed by atoms with Gasteiger partial charge in [0.05, 0.1) is 5.92 Å². The van der Waals surface area contributed by atoms with E-state index in [1.54, 1.807) is 0 Å². The minimum absolute atomic E-state index is 0.0576. The molecule has 1 saturated heterocycles. The monoisotopic (exact) mass is 315 g/mol. The molecular weight excluding hydrogens is 290 g/mol. The van der Waals surface area contributed by atoms with Gasteiger partial charge in [0.15, 0.2) is 0 Å². The van der Waals surface area contributed by atoms with Crippen molar-refractivity contribution in [2.45, 2.75) is 32.7 Å². The van der Waals surface area contributed by atoms with Crippen LogP contribution in [0.5, 0.6) is 0 Å².